The Morgan fingerprint density at radius 3 is 2.56 bits per heavy atom. The van der Waals surface area contributed by atoms with Gasteiger partial charge in [-0.25, -0.2) is 0 Å². The molecule has 0 spiro atoms. The topological polar surface area (TPSA) is 111 Å². The molecule has 1 saturated heterocycles. The van der Waals surface area contributed by atoms with Crippen LogP contribution in [-0.4, -0.2) is 63.9 Å². The minimum atomic E-state index is -0.864. The van der Waals surface area contributed by atoms with E-state index in [0.717, 1.165) is 53.4 Å². The summed E-state index contributed by atoms with van der Waals surface area (Å²) < 4.78 is 13.6. The molecule has 1 atom stereocenters. The van der Waals surface area contributed by atoms with Crippen molar-refractivity contribution in [3.63, 3.8) is 0 Å². The van der Waals surface area contributed by atoms with Crippen LogP contribution in [0.15, 0.2) is 70.2 Å². The number of Topliss-reactive ketones (excluding diaryl/α,β-unsaturated/α-hetero) is 1. The van der Waals surface area contributed by atoms with Gasteiger partial charge in [0, 0.05) is 43.4 Å². The average Bonchev–Trinajstić information content (AvgIpc) is 3.53. The van der Waals surface area contributed by atoms with E-state index in [1.165, 1.54) is 12.8 Å². The lowest BCUT2D eigenvalue weighted by Crippen LogP contribution is -2.36. The molecule has 2 aromatic carbocycles. The Labute approximate surface area is 225 Å². The van der Waals surface area contributed by atoms with Gasteiger partial charge in [0.25, 0.3) is 5.89 Å². The third-order valence-corrected chi connectivity index (χ3v) is 7.36. The van der Waals surface area contributed by atoms with Gasteiger partial charge in [-0.05, 0) is 24.3 Å². The van der Waals surface area contributed by atoms with Gasteiger partial charge >= 0.3 is 6.01 Å². The van der Waals surface area contributed by atoms with E-state index < -0.39 is 6.17 Å². The van der Waals surface area contributed by atoms with Crippen LogP contribution in [0.5, 0.6) is 0 Å². The number of carbonyl (C=O) groups is 1. The number of carbonyl (C=O) groups excluding carboxylic acids is 1. The van der Waals surface area contributed by atoms with Gasteiger partial charge in [-0.2, -0.15) is 5.10 Å². The molecule has 1 saturated carbocycles. The predicted molar refractivity (Wildman–Crippen MR) is 146 cm³/mol. The lowest BCUT2D eigenvalue weighted by atomic mass is 9.96. The van der Waals surface area contributed by atoms with E-state index >= 15 is 0 Å². The maximum Gasteiger partial charge on any atom is 0.317 e. The average molecular weight is 524 g/mol. The van der Waals surface area contributed by atoms with Gasteiger partial charge in [0.05, 0.1) is 18.9 Å². The van der Waals surface area contributed by atoms with Crippen LogP contribution in [0.1, 0.15) is 29.5 Å². The molecule has 0 radical (unpaired) electrons. The van der Waals surface area contributed by atoms with Crippen LogP contribution in [0.3, 0.4) is 0 Å². The van der Waals surface area contributed by atoms with Crippen molar-refractivity contribution in [3.8, 4) is 11.5 Å². The van der Waals surface area contributed by atoms with Crippen molar-refractivity contribution in [1.29, 1.82) is 0 Å². The molecule has 4 heterocycles. The Morgan fingerprint density at radius 2 is 1.74 bits per heavy atom. The van der Waals surface area contributed by atoms with E-state index in [4.69, 9.17) is 19.2 Å². The van der Waals surface area contributed by atoms with Crippen molar-refractivity contribution in [2.45, 2.75) is 32.0 Å². The molecule has 2 aliphatic heterocycles. The number of morpholine rings is 1. The molecule has 0 amide bonds. The van der Waals surface area contributed by atoms with Gasteiger partial charge in [-0.3, -0.25) is 14.5 Å². The number of aromatic nitrogens is 4. The molecule has 1 aliphatic carbocycles. The summed E-state index contributed by atoms with van der Waals surface area (Å²) in [6.07, 6.45) is 3.85. The van der Waals surface area contributed by atoms with Crippen molar-refractivity contribution < 1.29 is 13.9 Å². The number of fused-ring (bicyclic) bond motifs is 1. The zero-order valence-electron chi connectivity index (χ0n) is 21.5. The second-order valence-corrected chi connectivity index (χ2v) is 10.2. The van der Waals surface area contributed by atoms with Gasteiger partial charge in [0.2, 0.25) is 0 Å². The monoisotopic (exact) mass is 523 g/mol. The maximum absolute atomic E-state index is 13.3. The van der Waals surface area contributed by atoms with E-state index in [9.17, 15) is 4.79 Å². The third kappa shape index (κ3) is 4.95. The minimum Gasteiger partial charge on any atom is -0.403 e. The molecule has 1 N–H and O–H groups in total. The molecule has 10 nitrogen and oxygen atoms in total. The lowest BCUT2D eigenvalue weighted by molar-refractivity contribution is -0.119. The largest absolute Gasteiger partial charge is 0.403 e. The van der Waals surface area contributed by atoms with Crippen molar-refractivity contribution in [2.24, 2.45) is 10.9 Å². The molecule has 2 fully saturated rings. The fourth-order valence-corrected chi connectivity index (χ4v) is 5.14. The third-order valence-electron chi connectivity index (χ3n) is 7.36. The van der Waals surface area contributed by atoms with Crippen LogP contribution >= 0.6 is 0 Å². The first-order valence-corrected chi connectivity index (χ1v) is 13.5. The van der Waals surface area contributed by atoms with E-state index in [2.05, 4.69) is 20.4 Å². The van der Waals surface area contributed by atoms with Crippen LogP contribution in [0.25, 0.3) is 11.5 Å². The molecule has 4 aromatic rings. The predicted octanol–water partition coefficient (Wildman–Crippen LogP) is 3.58. The molecule has 198 valence electrons. The number of ether oxygens (including phenoxy) is 1. The van der Waals surface area contributed by atoms with Crippen molar-refractivity contribution >= 4 is 23.3 Å². The fourth-order valence-electron chi connectivity index (χ4n) is 5.14. The zero-order valence-corrected chi connectivity index (χ0v) is 21.5. The van der Waals surface area contributed by atoms with Crippen LogP contribution in [0, 0.1) is 5.92 Å². The quantitative estimate of drug-likeness (QED) is 0.391. The Kier molecular flexibility index (Phi) is 6.16. The minimum absolute atomic E-state index is 0.0700. The van der Waals surface area contributed by atoms with Gasteiger partial charge in [-0.1, -0.05) is 59.7 Å². The lowest BCUT2D eigenvalue weighted by Gasteiger charge is -2.27. The van der Waals surface area contributed by atoms with E-state index in [1.54, 1.807) is 0 Å². The smallest absolute Gasteiger partial charge is 0.317 e. The molecule has 39 heavy (non-hydrogen) atoms. The van der Waals surface area contributed by atoms with Gasteiger partial charge < -0.3 is 19.4 Å². The number of hydrogen-bond donors (Lipinski definition) is 1. The highest BCUT2D eigenvalue weighted by Gasteiger charge is 2.29. The first-order chi connectivity index (χ1) is 19.2. The van der Waals surface area contributed by atoms with E-state index in [1.807, 2.05) is 65.5 Å². The summed E-state index contributed by atoms with van der Waals surface area (Å²) >= 11 is 0. The van der Waals surface area contributed by atoms with Crippen LogP contribution in [-0.2, 0) is 22.5 Å². The Morgan fingerprint density at radius 1 is 0.949 bits per heavy atom. The molecule has 0 bridgehead atoms. The van der Waals surface area contributed by atoms with Crippen LogP contribution in [0.2, 0.25) is 0 Å². The summed E-state index contributed by atoms with van der Waals surface area (Å²) in [5.41, 5.74) is 4.37. The summed E-state index contributed by atoms with van der Waals surface area (Å²) in [7, 11) is 0. The number of hydrogen-bond acceptors (Lipinski definition) is 9. The maximum atomic E-state index is 13.3. The number of benzene rings is 2. The summed E-state index contributed by atoms with van der Waals surface area (Å²) in [5, 5.41) is 16.5. The number of ketones is 1. The highest BCUT2D eigenvalue weighted by molar-refractivity contribution is 6.16. The molecule has 2 aromatic heterocycles. The highest BCUT2D eigenvalue weighted by Crippen LogP contribution is 2.34. The second kappa shape index (κ2) is 10.1. The van der Waals surface area contributed by atoms with Gasteiger partial charge in [0.1, 0.15) is 5.56 Å². The van der Waals surface area contributed by atoms with Crippen molar-refractivity contribution in [1.82, 2.24) is 20.0 Å². The normalized spacial score (nSPS) is 19.4. The SMILES string of the molecule is O=C1Cc2ccccc2C(c2ccccc2)=NC1Nc1nnc(-c2cn(CC3CC3)nc2N2CCOCC2)o1. The van der Waals surface area contributed by atoms with Crippen molar-refractivity contribution in [2.75, 3.05) is 36.5 Å². The fraction of sp³-hybridized carbons (Fsp3) is 0.345. The number of anilines is 2. The molecule has 7 rings (SSSR count). The van der Waals surface area contributed by atoms with Crippen LogP contribution < -0.4 is 10.2 Å². The van der Waals surface area contributed by atoms with E-state index in [-0.39, 0.29) is 18.2 Å². The summed E-state index contributed by atoms with van der Waals surface area (Å²) in [6.45, 7) is 3.69. The van der Waals surface area contributed by atoms with Crippen LogP contribution in [0.4, 0.5) is 11.8 Å². The summed E-state index contributed by atoms with van der Waals surface area (Å²) in [6, 6.07) is 17.9. The molecule has 1 unspecified atom stereocenters. The Balaban J connectivity index is 1.20. The number of aliphatic imine (C=N–C) groups is 1. The number of rotatable bonds is 7. The molecule has 10 heteroatoms. The highest BCUT2D eigenvalue weighted by atomic mass is 16.5. The van der Waals surface area contributed by atoms with E-state index in [0.29, 0.717) is 25.0 Å². The molecule has 3 aliphatic rings. The Bertz CT molecular complexity index is 1520. The second-order valence-electron chi connectivity index (χ2n) is 10.2. The summed E-state index contributed by atoms with van der Waals surface area (Å²) in [4.78, 5) is 20.4. The summed E-state index contributed by atoms with van der Waals surface area (Å²) in [5.74, 6) is 1.79. The van der Waals surface area contributed by atoms with Crippen molar-refractivity contribution in [3.05, 3.63) is 77.5 Å². The number of nitrogens with one attached hydrogen (secondary N) is 1. The number of nitrogens with zero attached hydrogens (tertiary/aromatic N) is 6. The first kappa shape index (κ1) is 23.8. The molecular formula is C29H29N7O3. The first-order valence-electron chi connectivity index (χ1n) is 13.5. The Hall–Kier alpha value is -4.31. The standard InChI is InChI=1S/C29H29N7O3/c37-24-16-21-8-4-5-9-22(21)25(20-6-2-1-3-7-20)30-26(24)31-29-33-32-28(39-29)23-18-36(17-19-10-11-19)34-27(23)35-12-14-38-15-13-35/h1-9,18-19,26H,10-17H2,(H,31,33). The zero-order chi connectivity index (χ0) is 26.2. The molecular weight excluding hydrogens is 494 g/mol. The van der Waals surface area contributed by atoms with Gasteiger partial charge in [-0.15, -0.1) is 5.10 Å². The van der Waals surface area contributed by atoms with Gasteiger partial charge in [0.15, 0.2) is 17.8 Å².